The lowest BCUT2D eigenvalue weighted by Crippen LogP contribution is -2.34. The molecule has 688 valence electrons. The van der Waals surface area contributed by atoms with Crippen LogP contribution in [0.2, 0.25) is 0 Å². The van der Waals surface area contributed by atoms with Gasteiger partial charge in [0.1, 0.15) is 23.0 Å². The molecular weight excluding hydrogens is 1850 g/mol. The van der Waals surface area contributed by atoms with Crippen LogP contribution in [-0.2, 0) is 28.1 Å². The third-order valence-electron chi connectivity index (χ3n) is 33.9. The monoisotopic (exact) mass is 1930 g/mol. The molecule has 4 aliphatic heterocycles. The number of ether oxygens (including phenoxy) is 2. The van der Waals surface area contributed by atoms with Crippen LogP contribution in [0.3, 0.4) is 0 Å². The van der Waals surface area contributed by atoms with Crippen LogP contribution >= 0.6 is 34.9 Å². The third-order valence-corrected chi connectivity index (χ3v) is 37.4. The summed E-state index contributed by atoms with van der Waals surface area (Å²) in [5.74, 6) is 3.47. The van der Waals surface area contributed by atoms with Crippen LogP contribution in [0.15, 0.2) is 517 Å². The quantitative estimate of drug-likeness (QED) is 0.165. The molecule has 0 amide bonds. The summed E-state index contributed by atoms with van der Waals surface area (Å²) in [5, 5.41) is 12.5. The van der Waals surface area contributed by atoms with E-state index in [0.717, 1.165) is 79.8 Å². The number of hydrogen-bond acceptors (Lipinski definition) is 7. The molecule has 2 atom stereocenters. The van der Waals surface area contributed by atoms with Gasteiger partial charge in [0.2, 0.25) is 0 Å². The summed E-state index contributed by atoms with van der Waals surface area (Å²) >= 11 is 5.74. The average Bonchev–Trinajstić information content (AvgIpc) is 1.51. The van der Waals surface area contributed by atoms with Crippen LogP contribution in [0.5, 0.6) is 23.0 Å². The molecule has 9 aliphatic rings. The van der Waals surface area contributed by atoms with Crippen LogP contribution in [0.25, 0.3) is 119 Å². The summed E-state index contributed by atoms with van der Waals surface area (Å²) in [6.07, 6.45) is 0.881. The molecule has 0 radical (unpaired) electrons. The molecule has 1 aromatic heterocycles. The van der Waals surface area contributed by atoms with E-state index in [0.29, 0.717) is 0 Å². The first-order valence-corrected chi connectivity index (χ1v) is 53.7. The van der Waals surface area contributed by atoms with E-state index in [1.54, 1.807) is 0 Å². The van der Waals surface area contributed by atoms with Gasteiger partial charge >= 0.3 is 0 Å². The van der Waals surface area contributed by atoms with Gasteiger partial charge in [-0.05, 0) is 299 Å². The number of benzene rings is 24. The Morgan fingerprint density at radius 3 is 1.30 bits per heavy atom. The molecule has 34 rings (SSSR count). The van der Waals surface area contributed by atoms with Gasteiger partial charge in [-0.2, -0.15) is 0 Å². The molecule has 148 heavy (non-hydrogen) atoms. The lowest BCUT2D eigenvalue weighted by molar-refractivity contribution is 0.436. The highest BCUT2D eigenvalue weighted by molar-refractivity contribution is 8.00. The summed E-state index contributed by atoms with van der Waals surface area (Å²) in [6, 6.07) is 187. The van der Waals surface area contributed by atoms with Gasteiger partial charge in [-0.25, -0.2) is 0 Å². The van der Waals surface area contributed by atoms with E-state index in [1.165, 1.54) is 222 Å². The van der Waals surface area contributed by atoms with Gasteiger partial charge in [0.05, 0.1) is 38.7 Å². The van der Waals surface area contributed by atoms with Crippen molar-refractivity contribution in [1.82, 2.24) is 0 Å². The Labute approximate surface area is 868 Å². The average molecular weight is 1930 g/mol. The van der Waals surface area contributed by atoms with Crippen molar-refractivity contribution in [3.63, 3.8) is 0 Å². The number of anilines is 6. The van der Waals surface area contributed by atoms with Gasteiger partial charge in [-0.3, -0.25) is 0 Å². The van der Waals surface area contributed by atoms with E-state index >= 15 is 0 Å². The minimum Gasteiger partial charge on any atom is -0.457 e. The molecule has 7 heteroatoms. The third kappa shape index (κ3) is 11.0. The van der Waals surface area contributed by atoms with Gasteiger partial charge in [0.15, 0.2) is 0 Å². The molecule has 4 spiro atoms. The van der Waals surface area contributed by atoms with Crippen molar-refractivity contribution in [2.75, 3.05) is 9.80 Å². The zero-order valence-electron chi connectivity index (χ0n) is 80.0. The number of rotatable bonds is 6. The highest BCUT2D eigenvalue weighted by Crippen LogP contribution is 2.72. The minimum atomic E-state index is -0.676. The zero-order valence-corrected chi connectivity index (χ0v) is 82.4. The van der Waals surface area contributed by atoms with Crippen LogP contribution < -0.4 is 19.3 Å². The van der Waals surface area contributed by atoms with Crippen LogP contribution in [-0.4, -0.2) is 0 Å². The topological polar surface area (TPSA) is 24.9 Å². The first-order valence-electron chi connectivity index (χ1n) is 51.2. The Morgan fingerprint density at radius 2 is 0.628 bits per heavy atom. The van der Waals surface area contributed by atoms with E-state index < -0.39 is 21.7 Å². The summed E-state index contributed by atoms with van der Waals surface area (Å²) in [4.78, 5) is 10.4. The molecule has 0 saturated carbocycles. The van der Waals surface area contributed by atoms with Crippen LogP contribution in [0.1, 0.15) is 100 Å². The van der Waals surface area contributed by atoms with Crippen LogP contribution in [0, 0.1) is 0 Å². The van der Waals surface area contributed by atoms with Gasteiger partial charge in [-0.15, -0.1) is 11.3 Å². The molecule has 5 aliphatic carbocycles. The van der Waals surface area contributed by atoms with E-state index in [2.05, 4.69) is 507 Å². The van der Waals surface area contributed by atoms with Crippen molar-refractivity contribution < 1.29 is 9.47 Å². The fourth-order valence-electron chi connectivity index (χ4n) is 28.2. The van der Waals surface area contributed by atoms with Crippen molar-refractivity contribution in [1.29, 1.82) is 0 Å². The van der Waals surface area contributed by atoms with Gasteiger partial charge in [-0.1, -0.05) is 394 Å². The normalized spacial score (nSPS) is 15.9. The standard InChI is InChI=1S/C71H43NO2.C70H41NS3/c1-2-17-44-38-60-55(37-43(44)16-1)54-25-9-12-28-58(54)71(60)59-29-13-14-31-65(59)73-66-34-32-50(42-63(66)71)72(64-30-15-21-48-36-47-20-5-6-22-51(47)69(48)64)49-33-35-67-62(41-49)70(61-39-45-18-3-4-19-46(45)40-68(61)74-67)56-26-10-7-23-52(56)53-24-8-11-27-57(53)70;1-3-19-45-42(17-1)35-38-55-65(45)49-23-7-11-27-53(49)70(55)54-28-12-14-32-61(54)73-64-34-16-30-59(67(64)70)71(58-29-15-33-63-66(58)50-24-8-13-31-60(50)72-63)44-37-40-62-57(41-44)69(56-39-36-43-18-2-4-20-46(43)68(56)74-62)51-25-9-5-21-47(51)48-22-6-10-26-52(48)69/h1-35,37-42H,36H2;1-41H. The summed E-state index contributed by atoms with van der Waals surface area (Å²) < 4.78 is 16.9. The summed E-state index contributed by atoms with van der Waals surface area (Å²) in [5.41, 5.74) is 39.8. The highest BCUT2D eigenvalue weighted by Gasteiger charge is 2.58. The number of thiophene rings is 1. The number of para-hydroxylation sites is 1. The second-order valence-corrected chi connectivity index (χ2v) is 44.0. The Bertz CT molecular complexity index is 10100. The molecule has 0 saturated heterocycles. The van der Waals surface area contributed by atoms with E-state index in [4.69, 9.17) is 9.47 Å². The molecule has 0 N–H and O–H groups in total. The fraction of sp³-hybridized carbons (Fsp3) is 0.0355. The zero-order chi connectivity index (χ0) is 96.6. The first-order chi connectivity index (χ1) is 73.4. The van der Waals surface area contributed by atoms with E-state index in [-0.39, 0.29) is 0 Å². The van der Waals surface area contributed by atoms with Gasteiger partial charge in [0.25, 0.3) is 0 Å². The molecule has 0 bridgehead atoms. The van der Waals surface area contributed by atoms with Gasteiger partial charge in [0, 0.05) is 90.2 Å². The van der Waals surface area contributed by atoms with Crippen molar-refractivity contribution in [2.24, 2.45) is 0 Å². The predicted octanol–water partition coefficient (Wildman–Crippen LogP) is 37.5. The Hall–Kier alpha value is -17.6. The highest BCUT2D eigenvalue weighted by atomic mass is 32.2. The van der Waals surface area contributed by atoms with Crippen molar-refractivity contribution in [2.45, 2.75) is 47.7 Å². The lowest BCUT2D eigenvalue weighted by Gasteiger charge is -2.43. The minimum absolute atomic E-state index is 0.577. The van der Waals surface area contributed by atoms with Crippen molar-refractivity contribution >= 4 is 132 Å². The largest absolute Gasteiger partial charge is 0.457 e. The lowest BCUT2D eigenvalue weighted by atomic mass is 9.65. The van der Waals surface area contributed by atoms with Crippen molar-refractivity contribution in [3.8, 4) is 78.6 Å². The molecule has 0 fully saturated rings. The molecule has 25 aromatic rings. The predicted molar refractivity (Wildman–Crippen MR) is 611 cm³/mol. The number of fused-ring (bicyclic) bond motifs is 48. The Kier molecular flexibility index (Phi) is 17.4. The number of hydrogen-bond donors (Lipinski definition) is 0. The smallest absolute Gasteiger partial charge is 0.132 e. The van der Waals surface area contributed by atoms with Crippen molar-refractivity contribution in [3.05, 3.63) is 598 Å². The second kappa shape index (κ2) is 31.0. The molecule has 24 aromatic carbocycles. The van der Waals surface area contributed by atoms with E-state index in [1.807, 2.05) is 34.9 Å². The number of nitrogens with zero attached hydrogens (tertiary/aromatic N) is 2. The first kappa shape index (κ1) is 82.8. The summed E-state index contributed by atoms with van der Waals surface area (Å²) in [6.45, 7) is 0. The Morgan fingerprint density at radius 1 is 0.203 bits per heavy atom. The van der Waals surface area contributed by atoms with Gasteiger partial charge < -0.3 is 19.3 Å². The second-order valence-electron chi connectivity index (χ2n) is 40.7. The maximum atomic E-state index is 7.20. The fourth-order valence-corrected chi connectivity index (χ4v) is 31.9. The molecule has 2 unspecified atom stereocenters. The Balaban J connectivity index is 0.000000129. The maximum Gasteiger partial charge on any atom is 0.132 e. The SMILES string of the molecule is c1ccc2c(c1)Cc1cccc(N(c3ccc4c(c3)C3(c5cc6ccccc6cc5O4)c4ccccc4-c4ccccc43)c3ccc4c(c3)C3(c5ccccc5O4)c4ccccc4-c4cc5ccccc5cc43)c1-2.c1ccc2c(c1)Sc1cccc(N(c3ccc4c(c3)C3(c5ccccc5-c5ccccc53)c3ccc5ccccc5c3S4)c3cccc4sc5ccccc5c34)c1C21c2ccccc2-c2c1ccc1ccccc21. The maximum absolute atomic E-state index is 7.20. The van der Waals surface area contributed by atoms with E-state index in [9.17, 15) is 0 Å². The van der Waals surface area contributed by atoms with Crippen LogP contribution in [0.4, 0.5) is 34.1 Å². The summed E-state index contributed by atoms with van der Waals surface area (Å²) in [7, 11) is 0. The molecular formula is C141H84N2O2S3. The molecule has 5 heterocycles. The molecule has 4 nitrogen and oxygen atoms in total.